The highest BCUT2D eigenvalue weighted by molar-refractivity contribution is 9.10. The van der Waals surface area contributed by atoms with Crippen molar-refractivity contribution < 1.29 is 18.4 Å². The summed E-state index contributed by atoms with van der Waals surface area (Å²) in [6.45, 7) is 0.274. The zero-order valence-corrected chi connectivity index (χ0v) is 16.3. The molecule has 1 aliphatic heterocycles. The molecule has 0 fully saturated rings. The molecule has 2 heterocycles. The predicted octanol–water partition coefficient (Wildman–Crippen LogP) is 4.39. The van der Waals surface area contributed by atoms with Crippen LogP contribution in [0, 0.1) is 5.82 Å². The number of fused-ring (bicyclic) bond motifs is 1. The highest BCUT2D eigenvalue weighted by Gasteiger charge is 2.36. The second kappa shape index (κ2) is 7.59. The molecule has 5 nitrogen and oxygen atoms in total. The number of halogens is 2. The van der Waals surface area contributed by atoms with Gasteiger partial charge in [0.2, 0.25) is 5.91 Å². The van der Waals surface area contributed by atoms with Crippen molar-refractivity contribution in [3.8, 4) is 0 Å². The number of nitrogens with one attached hydrogen (secondary N) is 1. The van der Waals surface area contributed by atoms with Gasteiger partial charge in [-0.25, -0.2) is 4.39 Å². The lowest BCUT2D eigenvalue weighted by Crippen LogP contribution is -2.50. The molecule has 7 heteroatoms. The summed E-state index contributed by atoms with van der Waals surface area (Å²) in [5.41, 5.74) is 2.03. The molecule has 0 saturated heterocycles. The summed E-state index contributed by atoms with van der Waals surface area (Å²) < 4.78 is 20.0. The normalized spacial score (nSPS) is 15.8. The van der Waals surface area contributed by atoms with Crippen molar-refractivity contribution in [3.63, 3.8) is 0 Å². The van der Waals surface area contributed by atoms with Crippen LogP contribution in [0.25, 0.3) is 0 Å². The molecule has 0 spiro atoms. The van der Waals surface area contributed by atoms with Crippen molar-refractivity contribution in [2.24, 2.45) is 0 Å². The van der Waals surface area contributed by atoms with Crippen LogP contribution in [0.3, 0.4) is 0 Å². The van der Waals surface area contributed by atoms with Gasteiger partial charge in [-0.3, -0.25) is 9.59 Å². The number of nitrogens with zero attached hydrogens (tertiary/aromatic N) is 1. The molecule has 0 saturated carbocycles. The van der Waals surface area contributed by atoms with Crippen LogP contribution < -0.4 is 5.32 Å². The molecule has 1 aliphatic rings. The van der Waals surface area contributed by atoms with Crippen molar-refractivity contribution in [2.75, 3.05) is 5.32 Å². The summed E-state index contributed by atoms with van der Waals surface area (Å²) >= 11 is 3.19. The minimum atomic E-state index is -0.782. The van der Waals surface area contributed by atoms with Gasteiger partial charge in [0.1, 0.15) is 11.9 Å². The lowest BCUT2D eigenvalue weighted by atomic mass is 9.93. The molecule has 0 radical (unpaired) electrons. The van der Waals surface area contributed by atoms with E-state index in [2.05, 4.69) is 21.2 Å². The third kappa shape index (κ3) is 3.57. The SMILES string of the molecule is O=C(Nc1ccc(Br)cc1F)C1Cc2ccccc2CN1C(=O)c1ccco1. The largest absolute Gasteiger partial charge is 0.459 e. The van der Waals surface area contributed by atoms with Crippen LogP contribution in [0.5, 0.6) is 0 Å². The fraction of sp³-hybridized carbons (Fsp3) is 0.143. The third-order valence-electron chi connectivity index (χ3n) is 4.73. The first-order chi connectivity index (χ1) is 13.5. The van der Waals surface area contributed by atoms with Gasteiger partial charge in [-0.1, -0.05) is 40.2 Å². The Morgan fingerprint density at radius 1 is 1.11 bits per heavy atom. The highest BCUT2D eigenvalue weighted by Crippen LogP contribution is 2.27. The molecule has 0 bridgehead atoms. The second-order valence-electron chi connectivity index (χ2n) is 6.51. The molecular weight excluding hydrogens is 427 g/mol. The Balaban J connectivity index is 1.65. The number of rotatable bonds is 3. The van der Waals surface area contributed by atoms with Gasteiger partial charge in [-0.2, -0.15) is 0 Å². The summed E-state index contributed by atoms with van der Waals surface area (Å²) in [6.07, 6.45) is 1.75. The highest BCUT2D eigenvalue weighted by atomic mass is 79.9. The number of amides is 2. The van der Waals surface area contributed by atoms with Crippen molar-refractivity contribution >= 4 is 33.4 Å². The summed E-state index contributed by atoms with van der Waals surface area (Å²) in [6, 6.07) is 14.5. The van der Waals surface area contributed by atoms with E-state index < -0.39 is 17.8 Å². The van der Waals surface area contributed by atoms with E-state index >= 15 is 0 Å². The van der Waals surface area contributed by atoms with Crippen LogP contribution >= 0.6 is 15.9 Å². The molecule has 142 valence electrons. The molecule has 1 aromatic heterocycles. The Morgan fingerprint density at radius 3 is 2.61 bits per heavy atom. The van der Waals surface area contributed by atoms with E-state index in [1.807, 2.05) is 24.3 Å². The first-order valence-electron chi connectivity index (χ1n) is 8.70. The zero-order valence-electron chi connectivity index (χ0n) is 14.7. The van der Waals surface area contributed by atoms with E-state index in [4.69, 9.17) is 4.42 Å². The number of furan rings is 1. The molecular formula is C21H16BrFN2O3. The summed E-state index contributed by atoms with van der Waals surface area (Å²) in [5, 5.41) is 2.61. The smallest absolute Gasteiger partial charge is 0.290 e. The molecule has 3 aromatic rings. The monoisotopic (exact) mass is 442 g/mol. The van der Waals surface area contributed by atoms with Crippen LogP contribution in [0.2, 0.25) is 0 Å². The Labute approximate surface area is 169 Å². The quantitative estimate of drug-likeness (QED) is 0.654. The van der Waals surface area contributed by atoms with Gasteiger partial charge in [0.25, 0.3) is 5.91 Å². The fourth-order valence-electron chi connectivity index (χ4n) is 3.32. The Kier molecular flexibility index (Phi) is 5.00. The van der Waals surface area contributed by atoms with Crippen LogP contribution in [0.15, 0.2) is 69.8 Å². The average Bonchev–Trinajstić information content (AvgIpc) is 3.23. The Bertz CT molecular complexity index is 1040. The number of carbonyl (C=O) groups is 2. The van der Waals surface area contributed by atoms with Crippen molar-refractivity contribution in [3.05, 3.63) is 88.0 Å². The fourth-order valence-corrected chi connectivity index (χ4v) is 3.65. The van der Waals surface area contributed by atoms with Crippen molar-refractivity contribution in [1.29, 1.82) is 0 Å². The summed E-state index contributed by atoms with van der Waals surface area (Å²) in [7, 11) is 0. The van der Waals surface area contributed by atoms with E-state index in [9.17, 15) is 14.0 Å². The number of anilines is 1. The topological polar surface area (TPSA) is 62.6 Å². The minimum absolute atomic E-state index is 0.0671. The average molecular weight is 443 g/mol. The van der Waals surface area contributed by atoms with E-state index in [0.717, 1.165) is 11.1 Å². The first kappa shape index (κ1) is 18.4. The molecule has 2 amide bonds. The molecule has 0 aliphatic carbocycles. The molecule has 1 unspecified atom stereocenters. The van der Waals surface area contributed by atoms with Gasteiger partial charge in [0.05, 0.1) is 12.0 Å². The third-order valence-corrected chi connectivity index (χ3v) is 5.23. The Morgan fingerprint density at radius 2 is 1.89 bits per heavy atom. The van der Waals surface area contributed by atoms with E-state index in [1.165, 1.54) is 23.3 Å². The van der Waals surface area contributed by atoms with E-state index in [0.29, 0.717) is 10.9 Å². The minimum Gasteiger partial charge on any atom is -0.459 e. The van der Waals surface area contributed by atoms with Gasteiger partial charge >= 0.3 is 0 Å². The maximum atomic E-state index is 14.2. The molecule has 1 N–H and O–H groups in total. The standard InChI is InChI=1S/C21H16BrFN2O3/c22-15-7-8-17(16(23)11-15)24-20(26)18-10-13-4-1-2-5-14(13)12-25(18)21(27)19-6-3-9-28-19/h1-9,11,18H,10,12H2,(H,24,26). The maximum absolute atomic E-state index is 14.2. The number of benzene rings is 2. The molecule has 4 rings (SSSR count). The van der Waals surface area contributed by atoms with Crippen LogP contribution in [0.4, 0.5) is 10.1 Å². The number of hydrogen-bond donors (Lipinski definition) is 1. The summed E-state index contributed by atoms with van der Waals surface area (Å²) in [4.78, 5) is 27.4. The maximum Gasteiger partial charge on any atom is 0.290 e. The van der Waals surface area contributed by atoms with Gasteiger partial charge < -0.3 is 14.6 Å². The zero-order chi connectivity index (χ0) is 19.7. The van der Waals surface area contributed by atoms with Gasteiger partial charge in [0.15, 0.2) is 5.76 Å². The van der Waals surface area contributed by atoms with E-state index in [1.54, 1.807) is 18.2 Å². The second-order valence-corrected chi connectivity index (χ2v) is 7.43. The molecule has 2 aromatic carbocycles. The van der Waals surface area contributed by atoms with E-state index in [-0.39, 0.29) is 23.9 Å². The van der Waals surface area contributed by atoms with Gasteiger partial charge in [0, 0.05) is 17.4 Å². The predicted molar refractivity (Wildman–Crippen MR) is 105 cm³/mol. The van der Waals surface area contributed by atoms with Crippen LogP contribution in [-0.4, -0.2) is 22.8 Å². The molecule has 1 atom stereocenters. The number of hydrogen-bond acceptors (Lipinski definition) is 3. The first-order valence-corrected chi connectivity index (χ1v) is 9.49. The lowest BCUT2D eigenvalue weighted by Gasteiger charge is -2.35. The lowest BCUT2D eigenvalue weighted by molar-refractivity contribution is -0.121. The van der Waals surface area contributed by atoms with Crippen LogP contribution in [0.1, 0.15) is 21.7 Å². The van der Waals surface area contributed by atoms with Crippen molar-refractivity contribution in [2.45, 2.75) is 19.0 Å². The molecule has 28 heavy (non-hydrogen) atoms. The summed E-state index contributed by atoms with van der Waals surface area (Å²) in [5.74, 6) is -1.22. The van der Waals surface area contributed by atoms with Crippen LogP contribution in [-0.2, 0) is 17.8 Å². The Hall–Kier alpha value is -2.93. The van der Waals surface area contributed by atoms with Crippen molar-refractivity contribution in [1.82, 2.24) is 4.90 Å². The number of carbonyl (C=O) groups excluding carboxylic acids is 2. The van der Waals surface area contributed by atoms with Gasteiger partial charge in [-0.05, 0) is 41.5 Å². The van der Waals surface area contributed by atoms with Gasteiger partial charge in [-0.15, -0.1) is 0 Å².